The summed E-state index contributed by atoms with van der Waals surface area (Å²) in [5.41, 5.74) is -5.19. The SMILES string of the molecule is CCC(C)(C)C(=O)OC1(CC(=O)OC2(C)CCCC2)CC2CCC1C2.CCC(C)(C)C(=O)OC1CC2(C(C)C)CCC1(C)CC2C(=O)OC1(CC)C2CC3CC(C2)CC1C3.CCC(C)(C)C(=O)OC1CC2CC1C1CCC(C(=O)OC3(C)CCCCC3)C21.CCC(C)(C)OC(=O)C1CCC2CC(OC(=O)C(C)(C)CC)CCC2C1.CCC1(OC(=O)C23CCC(OC(=O)C(C)(C)CC)(CC2)CC3)CCCC1. The summed E-state index contributed by atoms with van der Waals surface area (Å²) in [5.74, 6) is 6.75. The Morgan fingerprint density at radius 3 is 1.41 bits per heavy atom. The topological polar surface area (TPSA) is 263 Å². The molecule has 12 bridgehead atoms. The van der Waals surface area contributed by atoms with Crippen molar-refractivity contribution in [1.29, 1.82) is 0 Å². The van der Waals surface area contributed by atoms with Crippen molar-refractivity contribution in [2.45, 2.75) is 558 Å². The third-order valence-corrected chi connectivity index (χ3v) is 42.8. The van der Waals surface area contributed by atoms with E-state index in [1.54, 1.807) is 0 Å². The van der Waals surface area contributed by atoms with Crippen LogP contribution in [-0.4, -0.2) is 117 Å². The zero-order chi connectivity index (χ0) is 102. The van der Waals surface area contributed by atoms with Crippen LogP contribution in [0, 0.1) is 138 Å². The van der Waals surface area contributed by atoms with E-state index in [9.17, 15) is 47.9 Å². The molecule has 0 radical (unpaired) electrons. The van der Waals surface area contributed by atoms with Crippen LogP contribution in [0.5, 0.6) is 0 Å². The highest BCUT2D eigenvalue weighted by atomic mass is 16.6. The van der Waals surface area contributed by atoms with Crippen molar-refractivity contribution in [1.82, 2.24) is 0 Å². The monoisotopic (exact) mass is 1960 g/mol. The maximum absolute atomic E-state index is 14.2. The highest BCUT2D eigenvalue weighted by molar-refractivity contribution is 5.81. The van der Waals surface area contributed by atoms with Gasteiger partial charge in [0, 0.05) is 5.41 Å². The number of esters is 10. The van der Waals surface area contributed by atoms with Crippen LogP contribution in [0.3, 0.4) is 0 Å². The van der Waals surface area contributed by atoms with E-state index in [2.05, 4.69) is 41.5 Å². The molecule has 20 heteroatoms. The molecule has 0 aromatic heterocycles. The summed E-state index contributed by atoms with van der Waals surface area (Å²) in [7, 11) is 0. The summed E-state index contributed by atoms with van der Waals surface area (Å²) in [5, 5.41) is 0. The van der Waals surface area contributed by atoms with Crippen molar-refractivity contribution in [2.75, 3.05) is 0 Å². The first-order valence-electron chi connectivity index (χ1n) is 57.8. The van der Waals surface area contributed by atoms with Gasteiger partial charge in [-0.15, -0.1) is 0 Å². The smallest absolute Gasteiger partial charge is 0.312 e. The minimum absolute atomic E-state index is 0.0199. The van der Waals surface area contributed by atoms with E-state index < -0.39 is 32.7 Å². The number of hydrogen-bond acceptors (Lipinski definition) is 20. The Balaban J connectivity index is 0.000000148. The third-order valence-electron chi connectivity index (χ3n) is 42.8. The summed E-state index contributed by atoms with van der Waals surface area (Å²) in [4.78, 5) is 129. The van der Waals surface area contributed by atoms with Gasteiger partial charge < -0.3 is 47.4 Å². The van der Waals surface area contributed by atoms with Gasteiger partial charge in [0.1, 0.15) is 57.5 Å². The first-order chi connectivity index (χ1) is 65.6. The second kappa shape index (κ2) is 43.5. The van der Waals surface area contributed by atoms with Gasteiger partial charge in [-0.25, -0.2) is 0 Å². The van der Waals surface area contributed by atoms with Gasteiger partial charge in [0.2, 0.25) is 0 Å². The molecule has 0 heterocycles. The third kappa shape index (κ3) is 24.0. The minimum atomic E-state index is -0.627. The molecular weight excluding hydrogens is 1760 g/mol. The second-order valence-corrected chi connectivity index (χ2v) is 54.5. The standard InChI is InChI=1S/C31H50O4.C24H38O4.C22H36O4.C22H38O4.C21H34O4/c1-8-28(5,6)27(33)34-25-18-30(19(3)4)11-10-29(25,7)17-24(30)26(32)35-31(9-2)22-13-20-12-21(15-22)16-23(31)14-20;1-5-23(2,3)22(26)27-19-14-15-13-18(19)16-9-10-17(20(15)16)21(25)28-24(4)11-7-6-8-12-24;1-5-19(3,4)17(23)25-22-14-11-20(12-15-22,13-16-22)18(24)26-21(6-2)9-7-8-10-21;1-7-21(3,4)20(24)25-18-12-11-15-13-17(10-9-16(15)14-18)19(23)26-22(5,6)8-2;1-5-19(2,3)18(23)25-21(13-15-8-9-16(21)12-15)14-17(22)24-20(4)10-6-7-11-20/h19-25H,8-18H2,1-7H3;15-20H,5-14H2,1-4H3;5-16H2,1-4H3;15-18H,7-14H2,1-6H3;15-16H,5-14H2,1-4H3. The second-order valence-electron chi connectivity index (χ2n) is 54.5. The lowest BCUT2D eigenvalue weighted by Crippen LogP contribution is -2.63. The molecule has 0 spiro atoms. The van der Waals surface area contributed by atoms with Crippen molar-refractivity contribution in [3.63, 3.8) is 0 Å². The minimum Gasteiger partial charge on any atom is -0.462 e. The van der Waals surface area contributed by atoms with Gasteiger partial charge in [0.15, 0.2) is 0 Å². The molecule has 140 heavy (non-hydrogen) atoms. The van der Waals surface area contributed by atoms with E-state index >= 15 is 0 Å². The zero-order valence-electron chi connectivity index (χ0n) is 92.7. The molecule has 20 aliphatic carbocycles. The molecule has 20 rings (SSSR count). The van der Waals surface area contributed by atoms with Crippen LogP contribution in [0.15, 0.2) is 0 Å². The largest absolute Gasteiger partial charge is 0.462 e. The predicted molar refractivity (Wildman–Crippen MR) is 544 cm³/mol. The molecule has 0 aromatic rings. The van der Waals surface area contributed by atoms with Crippen molar-refractivity contribution in [2.24, 2.45) is 138 Å². The fourth-order valence-corrected chi connectivity index (χ4v) is 30.2. The average Bonchev–Trinajstić information content (AvgIpc) is 0.882. The van der Waals surface area contributed by atoms with Crippen molar-refractivity contribution in [3.05, 3.63) is 0 Å². The normalized spacial score (nSPS) is 36.9. The average molecular weight is 1960 g/mol. The maximum Gasteiger partial charge on any atom is 0.312 e. The molecule has 0 aliphatic heterocycles. The molecule has 17 atom stereocenters. The Hall–Kier alpha value is -5.30. The summed E-state index contributed by atoms with van der Waals surface area (Å²) >= 11 is 0. The highest BCUT2D eigenvalue weighted by Gasteiger charge is 2.67. The summed E-state index contributed by atoms with van der Waals surface area (Å²) in [6, 6.07) is 0. The van der Waals surface area contributed by atoms with Gasteiger partial charge in [-0.3, -0.25) is 47.9 Å². The van der Waals surface area contributed by atoms with Crippen molar-refractivity contribution in [3.8, 4) is 0 Å². The van der Waals surface area contributed by atoms with Crippen LogP contribution < -0.4 is 0 Å². The zero-order valence-corrected chi connectivity index (χ0v) is 92.7. The number of carbonyl (C=O) groups is 10. The quantitative estimate of drug-likeness (QED) is 0.0478. The van der Waals surface area contributed by atoms with E-state index in [0.29, 0.717) is 65.1 Å². The number of carbonyl (C=O) groups excluding carboxylic acids is 10. The van der Waals surface area contributed by atoms with Crippen LogP contribution >= 0.6 is 0 Å². The number of hydrogen-bond donors (Lipinski definition) is 0. The molecule has 796 valence electrons. The molecule has 20 aliphatic rings. The van der Waals surface area contributed by atoms with Crippen LogP contribution in [-0.2, 0) is 95.3 Å². The van der Waals surface area contributed by atoms with E-state index in [1.807, 2.05) is 132 Å². The molecular formula is C120H196O20. The lowest BCUT2D eigenvalue weighted by molar-refractivity contribution is -0.235. The van der Waals surface area contributed by atoms with E-state index in [4.69, 9.17) is 47.4 Å². The summed E-state index contributed by atoms with van der Waals surface area (Å²) < 4.78 is 60.9. The van der Waals surface area contributed by atoms with Gasteiger partial charge in [-0.2, -0.15) is 0 Å². The number of ether oxygens (including phenoxy) is 10. The first-order valence-corrected chi connectivity index (χ1v) is 57.8. The molecule has 0 N–H and O–H groups in total. The van der Waals surface area contributed by atoms with Gasteiger partial charge in [0.05, 0.1) is 56.7 Å². The maximum atomic E-state index is 14.2. The lowest BCUT2D eigenvalue weighted by Gasteiger charge is -2.63. The number of fused-ring (bicyclic) bond motifs is 14. The number of rotatable bonds is 30. The summed E-state index contributed by atoms with van der Waals surface area (Å²) in [6.07, 6.45) is 49.9. The molecule has 0 aromatic carbocycles. The molecule has 20 fully saturated rings. The van der Waals surface area contributed by atoms with Crippen molar-refractivity contribution < 1.29 is 95.3 Å². The molecule has 20 saturated carbocycles. The van der Waals surface area contributed by atoms with Crippen LogP contribution in [0.1, 0.15) is 501 Å². The fraction of sp³-hybridized carbons (Fsp3) is 0.917. The molecule has 17 unspecified atom stereocenters. The highest BCUT2D eigenvalue weighted by Crippen LogP contribution is 2.68. The Labute approximate surface area is 846 Å². The predicted octanol–water partition coefficient (Wildman–Crippen LogP) is 28.0. The van der Waals surface area contributed by atoms with Gasteiger partial charge in [0.25, 0.3) is 0 Å². The summed E-state index contributed by atoms with van der Waals surface area (Å²) in [6.45, 7) is 51.0. The Kier molecular flexibility index (Phi) is 34.7. The van der Waals surface area contributed by atoms with Gasteiger partial charge in [-0.05, 0) is 494 Å². The van der Waals surface area contributed by atoms with E-state index in [-0.39, 0.29) is 152 Å². The molecule has 0 amide bonds. The Bertz CT molecular complexity index is 4260. The van der Waals surface area contributed by atoms with Crippen LogP contribution in [0.2, 0.25) is 0 Å². The lowest BCUT2D eigenvalue weighted by atomic mass is 9.45. The van der Waals surface area contributed by atoms with E-state index in [0.717, 1.165) is 262 Å². The van der Waals surface area contributed by atoms with Crippen LogP contribution in [0.4, 0.5) is 0 Å². The van der Waals surface area contributed by atoms with Gasteiger partial charge >= 0.3 is 59.7 Å². The van der Waals surface area contributed by atoms with Crippen LogP contribution in [0.25, 0.3) is 0 Å². The molecule has 20 nitrogen and oxygen atoms in total. The van der Waals surface area contributed by atoms with E-state index in [1.165, 1.54) is 70.6 Å². The fourth-order valence-electron chi connectivity index (χ4n) is 30.2. The first kappa shape index (κ1) is 112. The molecule has 0 saturated heterocycles. The Morgan fingerprint density at radius 1 is 0.371 bits per heavy atom. The van der Waals surface area contributed by atoms with Gasteiger partial charge in [-0.1, -0.05) is 82.6 Å². The van der Waals surface area contributed by atoms with Crippen molar-refractivity contribution >= 4 is 59.7 Å². The Morgan fingerprint density at radius 2 is 0.886 bits per heavy atom.